The SMILES string of the molecule is COCC(C)(N)Cc1ccc(F)c(Cl)c1. The van der Waals surface area contributed by atoms with Gasteiger partial charge in [0.05, 0.1) is 11.6 Å². The number of nitrogens with two attached hydrogens (primary N) is 1. The average molecular weight is 232 g/mol. The van der Waals surface area contributed by atoms with E-state index in [1.165, 1.54) is 6.07 Å². The monoisotopic (exact) mass is 231 g/mol. The van der Waals surface area contributed by atoms with Crippen LogP contribution >= 0.6 is 11.6 Å². The van der Waals surface area contributed by atoms with E-state index in [1.54, 1.807) is 19.2 Å². The Balaban J connectivity index is 2.76. The van der Waals surface area contributed by atoms with E-state index in [9.17, 15) is 4.39 Å². The Labute approximate surface area is 94.2 Å². The van der Waals surface area contributed by atoms with Crippen LogP contribution in [0.4, 0.5) is 4.39 Å². The number of hydrogen-bond acceptors (Lipinski definition) is 2. The van der Waals surface area contributed by atoms with Gasteiger partial charge in [0.2, 0.25) is 0 Å². The minimum Gasteiger partial charge on any atom is -0.383 e. The van der Waals surface area contributed by atoms with Gasteiger partial charge in [-0.25, -0.2) is 4.39 Å². The number of rotatable bonds is 4. The summed E-state index contributed by atoms with van der Waals surface area (Å²) >= 11 is 5.67. The van der Waals surface area contributed by atoms with Crippen LogP contribution in [0.2, 0.25) is 5.02 Å². The largest absolute Gasteiger partial charge is 0.383 e. The third-order valence-corrected chi connectivity index (χ3v) is 2.36. The zero-order valence-electron chi connectivity index (χ0n) is 8.89. The normalized spacial score (nSPS) is 15.0. The Hall–Kier alpha value is -0.640. The lowest BCUT2D eigenvalue weighted by Gasteiger charge is -2.23. The van der Waals surface area contributed by atoms with Gasteiger partial charge in [0.1, 0.15) is 5.82 Å². The Bertz CT molecular complexity index is 341. The maximum Gasteiger partial charge on any atom is 0.141 e. The summed E-state index contributed by atoms with van der Waals surface area (Å²) in [5.74, 6) is -0.411. The number of methoxy groups -OCH3 is 1. The summed E-state index contributed by atoms with van der Waals surface area (Å²) in [4.78, 5) is 0. The van der Waals surface area contributed by atoms with E-state index in [-0.39, 0.29) is 5.02 Å². The summed E-state index contributed by atoms with van der Waals surface area (Å²) < 4.78 is 17.9. The fourth-order valence-electron chi connectivity index (χ4n) is 1.50. The smallest absolute Gasteiger partial charge is 0.141 e. The highest BCUT2D eigenvalue weighted by Crippen LogP contribution is 2.19. The molecule has 15 heavy (non-hydrogen) atoms. The highest BCUT2D eigenvalue weighted by molar-refractivity contribution is 6.30. The van der Waals surface area contributed by atoms with Gasteiger partial charge >= 0.3 is 0 Å². The van der Waals surface area contributed by atoms with E-state index in [0.29, 0.717) is 13.0 Å². The average Bonchev–Trinajstić information content (AvgIpc) is 2.10. The molecule has 0 amide bonds. The van der Waals surface area contributed by atoms with Crippen LogP contribution in [0, 0.1) is 5.82 Å². The van der Waals surface area contributed by atoms with E-state index >= 15 is 0 Å². The quantitative estimate of drug-likeness (QED) is 0.864. The lowest BCUT2D eigenvalue weighted by atomic mass is 9.95. The molecule has 0 aliphatic carbocycles. The van der Waals surface area contributed by atoms with E-state index in [4.69, 9.17) is 22.1 Å². The maximum atomic E-state index is 12.9. The molecule has 2 nitrogen and oxygen atoms in total. The topological polar surface area (TPSA) is 35.2 Å². The second-order valence-corrected chi connectivity index (χ2v) is 4.42. The highest BCUT2D eigenvalue weighted by atomic mass is 35.5. The van der Waals surface area contributed by atoms with E-state index < -0.39 is 11.4 Å². The van der Waals surface area contributed by atoms with Crippen LogP contribution in [-0.2, 0) is 11.2 Å². The van der Waals surface area contributed by atoms with Crippen molar-refractivity contribution in [3.8, 4) is 0 Å². The molecule has 2 N–H and O–H groups in total. The molecule has 0 fully saturated rings. The van der Waals surface area contributed by atoms with Crippen LogP contribution < -0.4 is 5.73 Å². The molecule has 0 aromatic heterocycles. The highest BCUT2D eigenvalue weighted by Gasteiger charge is 2.19. The Morgan fingerprint density at radius 3 is 2.73 bits per heavy atom. The van der Waals surface area contributed by atoms with Gasteiger partial charge in [-0.2, -0.15) is 0 Å². The molecular formula is C11H15ClFNO. The summed E-state index contributed by atoms with van der Waals surface area (Å²) in [5, 5.41) is 0.126. The Morgan fingerprint density at radius 2 is 2.20 bits per heavy atom. The molecule has 0 heterocycles. The van der Waals surface area contributed by atoms with Crippen molar-refractivity contribution < 1.29 is 9.13 Å². The predicted molar refractivity (Wildman–Crippen MR) is 59.6 cm³/mol. The molecule has 84 valence electrons. The number of hydrogen-bond donors (Lipinski definition) is 1. The minimum absolute atomic E-state index is 0.126. The molecule has 1 aromatic rings. The van der Waals surface area contributed by atoms with Gasteiger partial charge in [0.15, 0.2) is 0 Å². The van der Waals surface area contributed by atoms with Crippen molar-refractivity contribution in [3.05, 3.63) is 34.6 Å². The van der Waals surface area contributed by atoms with Gasteiger partial charge in [0, 0.05) is 12.6 Å². The first-order valence-electron chi connectivity index (χ1n) is 4.66. The van der Waals surface area contributed by atoms with Gasteiger partial charge in [-0.15, -0.1) is 0 Å². The van der Waals surface area contributed by atoms with Crippen molar-refractivity contribution in [2.24, 2.45) is 5.73 Å². The second-order valence-electron chi connectivity index (χ2n) is 4.01. The van der Waals surface area contributed by atoms with Crippen molar-refractivity contribution in [1.82, 2.24) is 0 Å². The molecule has 0 aliphatic heterocycles. The van der Waals surface area contributed by atoms with Crippen molar-refractivity contribution >= 4 is 11.6 Å². The first-order valence-corrected chi connectivity index (χ1v) is 5.04. The summed E-state index contributed by atoms with van der Waals surface area (Å²) in [5.41, 5.74) is 6.43. The summed E-state index contributed by atoms with van der Waals surface area (Å²) in [6, 6.07) is 4.63. The zero-order valence-corrected chi connectivity index (χ0v) is 9.64. The van der Waals surface area contributed by atoms with Crippen LogP contribution in [0.5, 0.6) is 0 Å². The predicted octanol–water partition coefficient (Wildman–Crippen LogP) is 2.39. The van der Waals surface area contributed by atoms with Crippen molar-refractivity contribution in [1.29, 1.82) is 0 Å². The Morgan fingerprint density at radius 1 is 1.53 bits per heavy atom. The van der Waals surface area contributed by atoms with Gasteiger partial charge in [0.25, 0.3) is 0 Å². The molecular weight excluding hydrogens is 217 g/mol. The second kappa shape index (κ2) is 4.92. The van der Waals surface area contributed by atoms with E-state index in [0.717, 1.165) is 5.56 Å². The first-order chi connectivity index (χ1) is 6.94. The fraction of sp³-hybridized carbons (Fsp3) is 0.455. The van der Waals surface area contributed by atoms with Crippen molar-refractivity contribution in [2.45, 2.75) is 18.9 Å². The molecule has 0 saturated carbocycles. The number of ether oxygens (including phenoxy) is 1. The van der Waals surface area contributed by atoms with Crippen LogP contribution in [0.3, 0.4) is 0 Å². The lowest BCUT2D eigenvalue weighted by Crippen LogP contribution is -2.43. The third-order valence-electron chi connectivity index (χ3n) is 2.07. The Kier molecular flexibility index (Phi) is 4.08. The van der Waals surface area contributed by atoms with Gasteiger partial charge < -0.3 is 10.5 Å². The summed E-state index contributed by atoms with van der Waals surface area (Å²) in [6.07, 6.45) is 0.598. The van der Waals surface area contributed by atoms with Crippen LogP contribution in [0.15, 0.2) is 18.2 Å². The molecule has 1 unspecified atom stereocenters. The van der Waals surface area contributed by atoms with Crippen LogP contribution in [0.25, 0.3) is 0 Å². The standard InChI is InChI=1S/C11H15ClFNO/c1-11(14,7-15-2)6-8-3-4-10(13)9(12)5-8/h3-5H,6-7,14H2,1-2H3. The maximum absolute atomic E-state index is 12.9. The van der Waals surface area contributed by atoms with Gasteiger partial charge in [-0.05, 0) is 31.0 Å². The van der Waals surface area contributed by atoms with Gasteiger partial charge in [-0.3, -0.25) is 0 Å². The number of halogens is 2. The first kappa shape index (κ1) is 12.4. The molecule has 1 atom stereocenters. The van der Waals surface area contributed by atoms with Crippen molar-refractivity contribution in [3.63, 3.8) is 0 Å². The van der Waals surface area contributed by atoms with Gasteiger partial charge in [-0.1, -0.05) is 17.7 Å². The molecule has 0 radical (unpaired) electrons. The third kappa shape index (κ3) is 3.78. The van der Waals surface area contributed by atoms with Crippen molar-refractivity contribution in [2.75, 3.05) is 13.7 Å². The summed E-state index contributed by atoms with van der Waals surface area (Å²) in [7, 11) is 1.60. The van der Waals surface area contributed by atoms with E-state index in [2.05, 4.69) is 0 Å². The molecule has 0 spiro atoms. The molecule has 0 saturated heterocycles. The molecule has 1 aromatic carbocycles. The molecule has 1 rings (SSSR count). The molecule has 0 aliphatic rings. The zero-order chi connectivity index (χ0) is 11.5. The summed E-state index contributed by atoms with van der Waals surface area (Å²) in [6.45, 7) is 2.33. The van der Waals surface area contributed by atoms with Crippen LogP contribution in [0.1, 0.15) is 12.5 Å². The molecule has 0 bridgehead atoms. The van der Waals surface area contributed by atoms with Crippen LogP contribution in [-0.4, -0.2) is 19.3 Å². The fourth-order valence-corrected chi connectivity index (χ4v) is 1.70. The number of benzene rings is 1. The lowest BCUT2D eigenvalue weighted by molar-refractivity contribution is 0.141. The van der Waals surface area contributed by atoms with E-state index in [1.807, 2.05) is 6.92 Å². The molecule has 4 heteroatoms. The minimum atomic E-state index is -0.462.